The molecular formula is C28H28ClN5O2S. The number of halogens is 1. The van der Waals surface area contributed by atoms with Crippen molar-refractivity contribution in [1.29, 1.82) is 0 Å². The van der Waals surface area contributed by atoms with Gasteiger partial charge in [-0.15, -0.1) is 10.2 Å². The molecular weight excluding hydrogens is 506 g/mol. The van der Waals surface area contributed by atoms with Crippen molar-refractivity contribution >= 4 is 35.5 Å². The van der Waals surface area contributed by atoms with Gasteiger partial charge in [0, 0.05) is 16.3 Å². The number of aromatic nitrogens is 3. The summed E-state index contributed by atoms with van der Waals surface area (Å²) in [4.78, 5) is 12.5. The fraction of sp³-hybridized carbons (Fsp3) is 0.214. The lowest BCUT2D eigenvalue weighted by Gasteiger charge is -2.19. The lowest BCUT2D eigenvalue weighted by atomic mass is 9.87. The van der Waals surface area contributed by atoms with Crippen molar-refractivity contribution in [2.75, 3.05) is 12.9 Å². The highest BCUT2D eigenvalue weighted by molar-refractivity contribution is 7.99. The topological polar surface area (TPSA) is 81.4 Å². The standard InChI is InChI=1S/C28H28ClN5O2S/c1-28(2,3)21-10-8-20(9-11-21)26-32-33-27(34(26)23-12-14-24(36-4)15-13-23)37-18-25(35)31-30-17-19-6-5-7-22(29)16-19/h5-17H,18H2,1-4H3,(H,31,35). The molecule has 0 spiro atoms. The number of benzene rings is 3. The van der Waals surface area contributed by atoms with Gasteiger partial charge >= 0.3 is 0 Å². The summed E-state index contributed by atoms with van der Waals surface area (Å²) in [6.45, 7) is 6.54. The number of amides is 1. The molecule has 0 unspecified atom stereocenters. The Bertz CT molecular complexity index is 1390. The molecule has 190 valence electrons. The van der Waals surface area contributed by atoms with E-state index in [9.17, 15) is 4.79 Å². The first-order valence-corrected chi connectivity index (χ1v) is 13.0. The number of carbonyl (C=O) groups excluding carboxylic acids is 1. The van der Waals surface area contributed by atoms with Crippen LogP contribution in [0.3, 0.4) is 0 Å². The van der Waals surface area contributed by atoms with Gasteiger partial charge in [0.1, 0.15) is 5.75 Å². The average Bonchev–Trinajstić information content (AvgIpc) is 3.31. The summed E-state index contributed by atoms with van der Waals surface area (Å²) in [5.74, 6) is 1.29. The van der Waals surface area contributed by atoms with Gasteiger partial charge in [-0.3, -0.25) is 9.36 Å². The fourth-order valence-corrected chi connectivity index (χ4v) is 4.50. The van der Waals surface area contributed by atoms with E-state index in [1.807, 2.05) is 41.0 Å². The lowest BCUT2D eigenvalue weighted by Crippen LogP contribution is -2.20. The molecule has 1 N–H and O–H groups in total. The SMILES string of the molecule is COc1ccc(-n2c(SCC(=O)NN=Cc3cccc(Cl)c3)nnc2-c2ccc(C(C)(C)C)cc2)cc1. The molecule has 3 aromatic carbocycles. The summed E-state index contributed by atoms with van der Waals surface area (Å²) < 4.78 is 7.26. The molecule has 1 amide bonds. The van der Waals surface area contributed by atoms with Gasteiger partial charge in [0.05, 0.1) is 19.1 Å². The predicted molar refractivity (Wildman–Crippen MR) is 150 cm³/mol. The van der Waals surface area contributed by atoms with E-state index in [-0.39, 0.29) is 17.1 Å². The molecule has 0 saturated carbocycles. The van der Waals surface area contributed by atoms with Crippen LogP contribution in [0.2, 0.25) is 5.02 Å². The molecule has 1 heterocycles. The van der Waals surface area contributed by atoms with Gasteiger partial charge < -0.3 is 4.74 Å². The van der Waals surface area contributed by atoms with Crippen molar-refractivity contribution in [3.8, 4) is 22.8 Å². The molecule has 0 bridgehead atoms. The minimum Gasteiger partial charge on any atom is -0.497 e. The zero-order valence-corrected chi connectivity index (χ0v) is 22.7. The minimum atomic E-state index is -0.261. The Morgan fingerprint density at radius 3 is 2.46 bits per heavy atom. The second-order valence-electron chi connectivity index (χ2n) is 9.30. The van der Waals surface area contributed by atoms with E-state index in [2.05, 4.69) is 65.8 Å². The maximum absolute atomic E-state index is 12.5. The van der Waals surface area contributed by atoms with Crippen LogP contribution in [0.15, 0.2) is 83.1 Å². The molecule has 9 heteroatoms. The van der Waals surface area contributed by atoms with Crippen LogP contribution in [0, 0.1) is 0 Å². The number of nitrogens with zero attached hydrogens (tertiary/aromatic N) is 4. The van der Waals surface area contributed by atoms with E-state index >= 15 is 0 Å². The predicted octanol–water partition coefficient (Wildman–Crippen LogP) is 6.14. The molecule has 37 heavy (non-hydrogen) atoms. The molecule has 0 radical (unpaired) electrons. The second-order valence-corrected chi connectivity index (χ2v) is 10.7. The van der Waals surface area contributed by atoms with Gasteiger partial charge in [-0.2, -0.15) is 5.10 Å². The first-order valence-electron chi connectivity index (χ1n) is 11.7. The first kappa shape index (κ1) is 26.4. The summed E-state index contributed by atoms with van der Waals surface area (Å²) in [6.07, 6.45) is 1.55. The summed E-state index contributed by atoms with van der Waals surface area (Å²) in [5, 5.41) is 14.1. The van der Waals surface area contributed by atoms with E-state index in [1.54, 1.807) is 25.5 Å². The number of methoxy groups -OCH3 is 1. The lowest BCUT2D eigenvalue weighted by molar-refractivity contribution is -0.118. The maximum atomic E-state index is 12.5. The van der Waals surface area contributed by atoms with Crippen LogP contribution in [0.25, 0.3) is 17.1 Å². The van der Waals surface area contributed by atoms with Crippen molar-refractivity contribution in [2.24, 2.45) is 5.10 Å². The van der Waals surface area contributed by atoms with Crippen LogP contribution in [0.4, 0.5) is 0 Å². The third kappa shape index (κ3) is 6.78. The third-order valence-electron chi connectivity index (χ3n) is 5.56. The molecule has 0 aliphatic carbocycles. The summed E-state index contributed by atoms with van der Waals surface area (Å²) in [5.41, 5.74) is 6.41. The Morgan fingerprint density at radius 1 is 1.08 bits per heavy atom. The first-order chi connectivity index (χ1) is 17.7. The van der Waals surface area contributed by atoms with Crippen molar-refractivity contribution in [3.63, 3.8) is 0 Å². The molecule has 7 nitrogen and oxygen atoms in total. The molecule has 4 aromatic rings. The highest BCUT2D eigenvalue weighted by Gasteiger charge is 2.19. The van der Waals surface area contributed by atoms with Gasteiger partial charge in [-0.05, 0) is 52.9 Å². The number of rotatable bonds is 8. The Balaban J connectivity index is 1.55. The third-order valence-corrected chi connectivity index (χ3v) is 6.72. The number of hydrogen-bond acceptors (Lipinski definition) is 6. The van der Waals surface area contributed by atoms with Crippen LogP contribution < -0.4 is 10.2 Å². The zero-order chi connectivity index (χ0) is 26.4. The number of hydrogen-bond donors (Lipinski definition) is 1. The van der Waals surface area contributed by atoms with E-state index in [1.165, 1.54) is 17.3 Å². The van der Waals surface area contributed by atoms with Crippen LogP contribution in [0.1, 0.15) is 31.9 Å². The Morgan fingerprint density at radius 2 is 1.81 bits per heavy atom. The van der Waals surface area contributed by atoms with Gasteiger partial charge in [-0.1, -0.05) is 80.5 Å². The number of carbonyl (C=O) groups is 1. The zero-order valence-electron chi connectivity index (χ0n) is 21.1. The highest BCUT2D eigenvalue weighted by Crippen LogP contribution is 2.30. The van der Waals surface area contributed by atoms with E-state index in [4.69, 9.17) is 16.3 Å². The molecule has 0 aliphatic heterocycles. The largest absolute Gasteiger partial charge is 0.497 e. The maximum Gasteiger partial charge on any atom is 0.250 e. The average molecular weight is 534 g/mol. The monoisotopic (exact) mass is 533 g/mol. The van der Waals surface area contributed by atoms with Crippen LogP contribution in [0.5, 0.6) is 5.75 Å². The number of nitrogens with one attached hydrogen (secondary N) is 1. The van der Waals surface area contributed by atoms with Gasteiger partial charge in [0.2, 0.25) is 0 Å². The van der Waals surface area contributed by atoms with Crippen LogP contribution >= 0.6 is 23.4 Å². The second kappa shape index (κ2) is 11.6. The number of hydrazone groups is 1. The van der Waals surface area contributed by atoms with Crippen LogP contribution in [-0.4, -0.2) is 39.7 Å². The van der Waals surface area contributed by atoms with Crippen molar-refractivity contribution in [1.82, 2.24) is 20.2 Å². The number of ether oxygens (including phenoxy) is 1. The van der Waals surface area contributed by atoms with E-state index in [0.29, 0.717) is 16.0 Å². The quantitative estimate of drug-likeness (QED) is 0.167. The number of thioether (sulfide) groups is 1. The molecule has 0 fully saturated rings. The molecule has 1 aromatic heterocycles. The molecule has 0 saturated heterocycles. The fourth-order valence-electron chi connectivity index (χ4n) is 3.56. The molecule has 4 rings (SSSR count). The van der Waals surface area contributed by atoms with Crippen molar-refractivity contribution < 1.29 is 9.53 Å². The molecule has 0 aliphatic rings. The Hall–Kier alpha value is -3.62. The normalized spacial score (nSPS) is 11.6. The van der Waals surface area contributed by atoms with E-state index < -0.39 is 0 Å². The highest BCUT2D eigenvalue weighted by atomic mass is 35.5. The van der Waals surface area contributed by atoms with Crippen molar-refractivity contribution in [2.45, 2.75) is 31.3 Å². The summed E-state index contributed by atoms with van der Waals surface area (Å²) in [7, 11) is 1.63. The van der Waals surface area contributed by atoms with Crippen molar-refractivity contribution in [3.05, 3.63) is 88.9 Å². The molecule has 0 atom stereocenters. The van der Waals surface area contributed by atoms with E-state index in [0.717, 1.165) is 22.6 Å². The van der Waals surface area contributed by atoms with Gasteiger partial charge in [0.25, 0.3) is 5.91 Å². The van der Waals surface area contributed by atoms with Gasteiger partial charge in [0.15, 0.2) is 11.0 Å². The summed E-state index contributed by atoms with van der Waals surface area (Å²) >= 11 is 7.27. The Kier molecular flexibility index (Phi) is 8.31. The smallest absolute Gasteiger partial charge is 0.250 e. The summed E-state index contributed by atoms with van der Waals surface area (Å²) in [6, 6.07) is 23.2. The van der Waals surface area contributed by atoms with Crippen LogP contribution in [-0.2, 0) is 10.2 Å². The van der Waals surface area contributed by atoms with Gasteiger partial charge in [-0.25, -0.2) is 5.43 Å². The Labute approximate surface area is 225 Å². The minimum absolute atomic E-state index is 0.0474.